The highest BCUT2D eigenvalue weighted by Gasteiger charge is 2.44. The molecule has 0 spiro atoms. The van der Waals surface area contributed by atoms with E-state index in [1.165, 1.54) is 10.9 Å². The van der Waals surface area contributed by atoms with Crippen LogP contribution >= 0.6 is 0 Å². The Labute approximate surface area is 150 Å². The minimum atomic E-state index is -1.67. The first-order chi connectivity index (χ1) is 12.8. The number of rotatable bonds is 7. The van der Waals surface area contributed by atoms with Crippen molar-refractivity contribution >= 4 is 28.9 Å². The summed E-state index contributed by atoms with van der Waals surface area (Å²) in [6.45, 7) is -0.514. The molecule has 2 aromatic heterocycles. The molecule has 3 rings (SSSR count). The van der Waals surface area contributed by atoms with Gasteiger partial charge in [-0.1, -0.05) is 0 Å². The molecule has 2 aromatic rings. The predicted octanol–water partition coefficient (Wildman–Crippen LogP) is -4.89. The quantitative estimate of drug-likeness (QED) is 0.356. The lowest BCUT2D eigenvalue weighted by Crippen LogP contribution is -2.44. The fourth-order valence-electron chi connectivity index (χ4n) is 2.78. The summed E-state index contributed by atoms with van der Waals surface area (Å²) in [5.41, 5.74) is 0.188. The number of carboxylic acids is 2. The largest absolute Gasteiger partial charge is 0.550 e. The molecule has 0 amide bonds. The Hall–Kier alpha value is -2.87. The van der Waals surface area contributed by atoms with Crippen molar-refractivity contribution in [3.8, 4) is 0 Å². The number of aliphatic carboxylic acids is 2. The van der Waals surface area contributed by atoms with Crippen molar-refractivity contribution in [2.45, 2.75) is 37.0 Å². The second kappa shape index (κ2) is 7.40. The van der Waals surface area contributed by atoms with Gasteiger partial charge in [-0.3, -0.25) is 4.57 Å². The molecule has 0 radical (unpaired) electrons. The summed E-state index contributed by atoms with van der Waals surface area (Å²) in [5, 5.41) is 53.4. The molecule has 1 aliphatic heterocycles. The van der Waals surface area contributed by atoms with E-state index in [4.69, 9.17) is 4.74 Å². The Morgan fingerprint density at radius 2 is 2.00 bits per heavy atom. The molecule has 0 aromatic carbocycles. The van der Waals surface area contributed by atoms with Crippen LogP contribution in [0.3, 0.4) is 0 Å². The molecule has 5 atom stereocenters. The third-order valence-electron chi connectivity index (χ3n) is 4.12. The molecule has 1 fully saturated rings. The van der Waals surface area contributed by atoms with E-state index in [0.29, 0.717) is 0 Å². The van der Waals surface area contributed by atoms with Crippen LogP contribution in [0.5, 0.6) is 0 Å². The zero-order valence-electron chi connectivity index (χ0n) is 13.6. The number of ether oxygens (including phenoxy) is 1. The van der Waals surface area contributed by atoms with Crippen molar-refractivity contribution in [3.63, 3.8) is 0 Å². The van der Waals surface area contributed by atoms with Gasteiger partial charge in [0.05, 0.1) is 24.9 Å². The van der Waals surface area contributed by atoms with Crippen molar-refractivity contribution in [2.75, 3.05) is 11.9 Å². The summed E-state index contributed by atoms with van der Waals surface area (Å²) in [7, 11) is 0. The van der Waals surface area contributed by atoms with E-state index in [9.17, 15) is 35.1 Å². The van der Waals surface area contributed by atoms with E-state index in [1.807, 2.05) is 0 Å². The van der Waals surface area contributed by atoms with Crippen molar-refractivity contribution in [2.24, 2.45) is 0 Å². The van der Waals surface area contributed by atoms with Crippen LogP contribution in [0.25, 0.3) is 11.2 Å². The Balaban J connectivity index is 1.93. The minimum absolute atomic E-state index is 0.0693. The maximum atomic E-state index is 11.1. The molecule has 0 saturated carbocycles. The number of carbonyl (C=O) groups excluding carboxylic acids is 2. The Kier molecular flexibility index (Phi) is 5.18. The number of nitrogens with one attached hydrogen (secondary N) is 1. The Morgan fingerprint density at radius 3 is 2.59 bits per heavy atom. The predicted molar refractivity (Wildman–Crippen MR) is 80.4 cm³/mol. The second-order valence-electron chi connectivity index (χ2n) is 5.87. The number of imidazole rings is 1. The summed E-state index contributed by atoms with van der Waals surface area (Å²) in [6.07, 6.45) is -3.39. The highest BCUT2D eigenvalue weighted by Crippen LogP contribution is 2.32. The van der Waals surface area contributed by atoms with Crippen molar-refractivity contribution in [3.05, 3.63) is 12.7 Å². The number of fused-ring (bicyclic) bond motifs is 1. The number of carbonyl (C=O) groups is 2. The van der Waals surface area contributed by atoms with Crippen LogP contribution in [0.1, 0.15) is 12.6 Å². The van der Waals surface area contributed by atoms with Gasteiger partial charge in [-0.05, 0) is 0 Å². The van der Waals surface area contributed by atoms with Gasteiger partial charge in [-0.15, -0.1) is 0 Å². The highest BCUT2D eigenvalue weighted by atomic mass is 16.6. The highest BCUT2D eigenvalue weighted by molar-refractivity contribution is 5.87. The molecule has 1 unspecified atom stereocenters. The number of carboxylic acid groups (broad SMARTS) is 2. The molecule has 13 nitrogen and oxygen atoms in total. The molecule has 13 heteroatoms. The van der Waals surface area contributed by atoms with Crippen LogP contribution in [0.4, 0.5) is 5.82 Å². The lowest BCUT2D eigenvalue weighted by Gasteiger charge is -2.20. The van der Waals surface area contributed by atoms with Gasteiger partial charge in [-0.2, -0.15) is 0 Å². The Bertz CT molecular complexity index is 857. The third kappa shape index (κ3) is 3.52. The molecule has 27 heavy (non-hydrogen) atoms. The number of nitrogens with zero attached hydrogens (tertiary/aromatic N) is 4. The van der Waals surface area contributed by atoms with E-state index < -0.39 is 55.5 Å². The molecular weight excluding hydrogens is 366 g/mol. The monoisotopic (exact) mass is 381 g/mol. The fraction of sp³-hybridized carbons (Fsp3) is 0.500. The lowest BCUT2D eigenvalue weighted by atomic mass is 10.1. The topological polar surface area (TPSA) is 206 Å². The smallest absolute Gasteiger partial charge is 0.167 e. The van der Waals surface area contributed by atoms with E-state index in [0.717, 1.165) is 6.33 Å². The molecule has 3 heterocycles. The third-order valence-corrected chi connectivity index (χ3v) is 4.12. The van der Waals surface area contributed by atoms with Gasteiger partial charge in [-0.25, -0.2) is 15.0 Å². The van der Waals surface area contributed by atoms with Crippen molar-refractivity contribution in [1.29, 1.82) is 0 Å². The standard InChI is InChI=1S/C14H17N5O8/c20-2-6-9(23)10(24)13(27-6)19-4-17-8-11(15-3-16-12(8)19)18-5(14(25)26)1-7(21)22/h3-6,9-10,13,20,23-24H,1-2H2,(H,21,22)(H,25,26)(H,15,16,18)/p-2/t5?,6-,9+,10+,13-/m1/s1. The first-order valence-electron chi connectivity index (χ1n) is 7.80. The maximum absolute atomic E-state index is 11.1. The first-order valence-corrected chi connectivity index (χ1v) is 7.80. The zero-order chi connectivity index (χ0) is 19.7. The average Bonchev–Trinajstić information content (AvgIpc) is 3.16. The molecule has 1 saturated heterocycles. The minimum Gasteiger partial charge on any atom is -0.550 e. The number of aromatic nitrogens is 4. The number of hydrogen-bond acceptors (Lipinski definition) is 12. The van der Waals surface area contributed by atoms with Crippen LogP contribution in [-0.4, -0.2) is 77.7 Å². The fourth-order valence-corrected chi connectivity index (χ4v) is 2.78. The molecule has 1 aliphatic rings. The lowest BCUT2D eigenvalue weighted by molar-refractivity contribution is -0.316. The second-order valence-corrected chi connectivity index (χ2v) is 5.87. The van der Waals surface area contributed by atoms with Crippen LogP contribution in [-0.2, 0) is 14.3 Å². The summed E-state index contributed by atoms with van der Waals surface area (Å²) in [4.78, 5) is 33.7. The van der Waals surface area contributed by atoms with E-state index in [2.05, 4.69) is 20.3 Å². The summed E-state index contributed by atoms with van der Waals surface area (Å²) in [6, 6.07) is -1.62. The first kappa shape index (κ1) is 18.9. The van der Waals surface area contributed by atoms with Gasteiger partial charge >= 0.3 is 0 Å². The maximum Gasteiger partial charge on any atom is 0.167 e. The van der Waals surface area contributed by atoms with Gasteiger partial charge in [0.15, 0.2) is 23.2 Å². The summed E-state index contributed by atoms with van der Waals surface area (Å²) in [5.74, 6) is -3.35. The number of aliphatic hydroxyl groups is 3. The summed E-state index contributed by atoms with van der Waals surface area (Å²) < 4.78 is 6.68. The van der Waals surface area contributed by atoms with Crippen LogP contribution in [0.15, 0.2) is 12.7 Å². The van der Waals surface area contributed by atoms with Gasteiger partial charge in [0.25, 0.3) is 0 Å². The molecule has 0 aliphatic carbocycles. The number of anilines is 1. The van der Waals surface area contributed by atoms with Crippen LogP contribution in [0.2, 0.25) is 0 Å². The normalized spacial score (nSPS) is 26.2. The van der Waals surface area contributed by atoms with Crippen LogP contribution in [0, 0.1) is 0 Å². The van der Waals surface area contributed by atoms with Gasteiger partial charge in [0.2, 0.25) is 0 Å². The van der Waals surface area contributed by atoms with Crippen molar-refractivity contribution in [1.82, 2.24) is 19.5 Å². The number of aliphatic hydroxyl groups excluding tert-OH is 3. The Morgan fingerprint density at radius 1 is 1.26 bits per heavy atom. The summed E-state index contributed by atoms with van der Waals surface area (Å²) >= 11 is 0. The molecule has 146 valence electrons. The van der Waals surface area contributed by atoms with Crippen molar-refractivity contribution < 1.29 is 39.9 Å². The molecule has 0 bridgehead atoms. The van der Waals surface area contributed by atoms with Gasteiger partial charge in [0, 0.05) is 12.4 Å². The SMILES string of the molecule is O=C([O-])CC(Nc1ncnc2c1ncn2[C@@H]1O[C@H](CO)[C@H](O)[C@@H]1O)C(=O)[O-]. The van der Waals surface area contributed by atoms with E-state index in [1.54, 1.807) is 0 Å². The molecular formula is C14H15N5O8-2. The van der Waals surface area contributed by atoms with E-state index in [-0.39, 0.29) is 17.0 Å². The van der Waals surface area contributed by atoms with Gasteiger partial charge < -0.3 is 45.2 Å². The zero-order valence-corrected chi connectivity index (χ0v) is 13.6. The molecule has 4 N–H and O–H groups in total. The van der Waals surface area contributed by atoms with Crippen LogP contribution < -0.4 is 15.5 Å². The van der Waals surface area contributed by atoms with Gasteiger partial charge in [0.1, 0.15) is 24.6 Å². The average molecular weight is 381 g/mol. The van der Waals surface area contributed by atoms with E-state index >= 15 is 0 Å². The number of hydrogen-bond donors (Lipinski definition) is 4.